The minimum Gasteiger partial charge on any atom is -0.353 e. The number of alkyl halides is 3. The first-order valence-corrected chi connectivity index (χ1v) is 10.8. The Morgan fingerprint density at radius 3 is 2.50 bits per heavy atom. The van der Waals surface area contributed by atoms with Crippen molar-refractivity contribution in [3.8, 4) is 0 Å². The van der Waals surface area contributed by atoms with Crippen molar-refractivity contribution in [3.05, 3.63) is 70.6 Å². The molecule has 2 aromatic carbocycles. The molecule has 0 bridgehead atoms. The van der Waals surface area contributed by atoms with Gasteiger partial charge in [0.15, 0.2) is 0 Å². The molecule has 0 unspecified atom stereocenters. The van der Waals surface area contributed by atoms with Crippen LogP contribution in [0, 0.1) is 5.82 Å². The van der Waals surface area contributed by atoms with Crippen LogP contribution in [0.1, 0.15) is 11.4 Å². The topological polar surface area (TPSA) is 84.3 Å². The lowest BCUT2D eigenvalue weighted by Crippen LogP contribution is -2.38. The number of carbonyl (C=O) groups is 3. The van der Waals surface area contributed by atoms with Crippen LogP contribution in [0.4, 0.5) is 22.4 Å². The van der Waals surface area contributed by atoms with Gasteiger partial charge in [-0.15, -0.1) is 0 Å². The zero-order valence-corrected chi connectivity index (χ0v) is 18.1. The van der Waals surface area contributed by atoms with Crippen LogP contribution in [0.2, 0.25) is 0 Å². The van der Waals surface area contributed by atoms with Crippen molar-refractivity contribution >= 4 is 45.9 Å². The van der Waals surface area contributed by atoms with Crippen molar-refractivity contribution in [2.75, 3.05) is 13.1 Å². The Morgan fingerprint density at radius 1 is 1.09 bits per heavy atom. The van der Waals surface area contributed by atoms with Crippen molar-refractivity contribution in [2.45, 2.75) is 12.7 Å². The molecule has 176 valence electrons. The van der Waals surface area contributed by atoms with E-state index in [1.165, 1.54) is 48.5 Å². The summed E-state index contributed by atoms with van der Waals surface area (Å²) in [5, 5.41) is 1.88. The number of para-hydroxylation sites is 2. The van der Waals surface area contributed by atoms with Crippen LogP contribution in [0.3, 0.4) is 0 Å². The van der Waals surface area contributed by atoms with Gasteiger partial charge in [0.1, 0.15) is 12.4 Å². The molecule has 1 aromatic heterocycles. The molecule has 0 spiro atoms. The molecule has 34 heavy (non-hydrogen) atoms. The van der Waals surface area contributed by atoms with Gasteiger partial charge in [-0.05, 0) is 47.7 Å². The van der Waals surface area contributed by atoms with Crippen LogP contribution in [0.5, 0.6) is 0 Å². The highest BCUT2D eigenvalue weighted by Crippen LogP contribution is 2.32. The third-order valence-corrected chi connectivity index (χ3v) is 5.82. The number of thioether (sulfide) groups is 1. The van der Waals surface area contributed by atoms with E-state index < -0.39 is 41.4 Å². The quantitative estimate of drug-likeness (QED) is 0.415. The Labute approximate surface area is 194 Å². The molecule has 1 aliphatic rings. The normalized spacial score (nSPS) is 15.5. The predicted octanol–water partition coefficient (Wildman–Crippen LogP) is 4.05. The van der Waals surface area contributed by atoms with Crippen LogP contribution in [0.25, 0.3) is 17.1 Å². The van der Waals surface area contributed by atoms with E-state index in [9.17, 15) is 31.9 Å². The average Bonchev–Trinajstić information content (AvgIpc) is 3.28. The predicted molar refractivity (Wildman–Crippen MR) is 117 cm³/mol. The van der Waals surface area contributed by atoms with E-state index in [1.54, 1.807) is 6.07 Å². The number of rotatable bonds is 6. The molecule has 0 atom stereocenters. The number of nitrogens with one attached hydrogen (secondary N) is 1. The summed E-state index contributed by atoms with van der Waals surface area (Å²) in [6, 6.07) is 11.3. The van der Waals surface area contributed by atoms with Gasteiger partial charge >= 0.3 is 6.18 Å². The fraction of sp³-hybridized carbons (Fsp3) is 0.182. The number of imide groups is 1. The number of hydrogen-bond donors (Lipinski definition) is 1. The highest BCUT2D eigenvalue weighted by atomic mass is 32.2. The van der Waals surface area contributed by atoms with E-state index in [0.29, 0.717) is 17.3 Å². The molecule has 1 N–H and O–H groups in total. The van der Waals surface area contributed by atoms with Gasteiger partial charge < -0.3 is 9.88 Å². The largest absolute Gasteiger partial charge is 0.449 e. The standard InChI is InChI=1S/C22H16F4N4O3S/c23-14-7-5-13(6-8-14)11-17-19(32)29(21(33)34-17)10-9-27-18(31)12-30-16-4-2-1-3-15(16)28-20(30)22(24,25)26/h1-8,11H,9-10,12H2,(H,27,31). The highest BCUT2D eigenvalue weighted by molar-refractivity contribution is 8.18. The molecule has 1 aliphatic heterocycles. The lowest BCUT2D eigenvalue weighted by Gasteiger charge is -2.14. The third-order valence-electron chi connectivity index (χ3n) is 4.91. The molecular formula is C22H16F4N4O3S. The molecule has 3 aromatic rings. The average molecular weight is 492 g/mol. The summed E-state index contributed by atoms with van der Waals surface area (Å²) in [6.07, 6.45) is -3.30. The molecule has 0 saturated carbocycles. The maximum Gasteiger partial charge on any atom is 0.449 e. The molecule has 1 fully saturated rings. The number of amides is 3. The van der Waals surface area contributed by atoms with Crippen LogP contribution in [-0.4, -0.2) is 44.6 Å². The molecule has 1 saturated heterocycles. The minimum atomic E-state index is -4.75. The summed E-state index contributed by atoms with van der Waals surface area (Å²) in [5.41, 5.74) is 0.795. The summed E-state index contributed by atoms with van der Waals surface area (Å²) in [5.74, 6) is -2.94. The summed E-state index contributed by atoms with van der Waals surface area (Å²) >= 11 is 0.704. The highest BCUT2D eigenvalue weighted by Gasteiger charge is 2.38. The van der Waals surface area contributed by atoms with Crippen molar-refractivity contribution in [3.63, 3.8) is 0 Å². The molecule has 12 heteroatoms. The minimum absolute atomic E-state index is 0.105. The zero-order valence-electron chi connectivity index (χ0n) is 17.3. The lowest BCUT2D eigenvalue weighted by molar-refractivity contribution is -0.147. The molecule has 4 rings (SSSR count). The number of fused-ring (bicyclic) bond motifs is 1. The maximum absolute atomic E-state index is 13.4. The number of halogens is 4. The first kappa shape index (κ1) is 23.5. The van der Waals surface area contributed by atoms with Crippen molar-refractivity contribution in [1.29, 1.82) is 0 Å². The Bertz CT molecular complexity index is 1300. The molecule has 2 heterocycles. The molecule has 7 nitrogen and oxygen atoms in total. The van der Waals surface area contributed by atoms with Crippen LogP contribution < -0.4 is 5.32 Å². The monoisotopic (exact) mass is 492 g/mol. The molecule has 3 amide bonds. The Balaban J connectivity index is 1.39. The smallest absolute Gasteiger partial charge is 0.353 e. The first-order valence-electron chi connectivity index (χ1n) is 9.93. The van der Waals surface area contributed by atoms with E-state index in [4.69, 9.17) is 0 Å². The Hall–Kier alpha value is -3.67. The number of benzene rings is 2. The number of hydrogen-bond acceptors (Lipinski definition) is 5. The van der Waals surface area contributed by atoms with Gasteiger partial charge in [0.25, 0.3) is 11.1 Å². The maximum atomic E-state index is 13.4. The molecular weight excluding hydrogens is 476 g/mol. The first-order chi connectivity index (χ1) is 16.1. The fourth-order valence-corrected chi connectivity index (χ4v) is 4.23. The Morgan fingerprint density at radius 2 is 1.79 bits per heavy atom. The second kappa shape index (κ2) is 9.29. The van der Waals surface area contributed by atoms with Crippen LogP contribution in [-0.2, 0) is 22.3 Å². The van der Waals surface area contributed by atoms with E-state index in [-0.39, 0.29) is 29.0 Å². The van der Waals surface area contributed by atoms with Crippen molar-refractivity contribution < 1.29 is 31.9 Å². The van der Waals surface area contributed by atoms with Crippen molar-refractivity contribution in [2.24, 2.45) is 0 Å². The number of aromatic nitrogens is 2. The Kier molecular flexibility index (Phi) is 6.42. The van der Waals surface area contributed by atoms with E-state index in [0.717, 1.165) is 9.47 Å². The van der Waals surface area contributed by atoms with Gasteiger partial charge in [0, 0.05) is 13.1 Å². The zero-order chi connectivity index (χ0) is 24.5. The van der Waals surface area contributed by atoms with Gasteiger partial charge in [-0.25, -0.2) is 9.37 Å². The fourth-order valence-electron chi connectivity index (χ4n) is 3.36. The SMILES string of the molecule is O=C(Cn1c(C(F)(F)F)nc2ccccc21)NCCN1C(=O)SC(=Cc2ccc(F)cc2)C1=O. The van der Waals surface area contributed by atoms with E-state index >= 15 is 0 Å². The second-order valence-electron chi connectivity index (χ2n) is 7.24. The lowest BCUT2D eigenvalue weighted by atomic mass is 10.2. The summed E-state index contributed by atoms with van der Waals surface area (Å²) in [6.45, 7) is -0.940. The van der Waals surface area contributed by atoms with Gasteiger partial charge in [0.2, 0.25) is 11.7 Å². The number of nitrogens with zero attached hydrogens (tertiary/aromatic N) is 3. The summed E-state index contributed by atoms with van der Waals surface area (Å²) in [4.78, 5) is 41.7. The van der Waals surface area contributed by atoms with Crippen LogP contribution >= 0.6 is 11.8 Å². The van der Waals surface area contributed by atoms with E-state index in [1.807, 2.05) is 0 Å². The van der Waals surface area contributed by atoms with Crippen LogP contribution in [0.15, 0.2) is 53.4 Å². The number of imidazole rings is 1. The van der Waals surface area contributed by atoms with E-state index in [2.05, 4.69) is 10.3 Å². The van der Waals surface area contributed by atoms with Gasteiger partial charge in [0.05, 0.1) is 15.9 Å². The molecule has 0 radical (unpaired) electrons. The number of carbonyl (C=O) groups excluding carboxylic acids is 3. The second-order valence-corrected chi connectivity index (χ2v) is 8.24. The van der Waals surface area contributed by atoms with Crippen molar-refractivity contribution in [1.82, 2.24) is 19.8 Å². The molecule has 0 aliphatic carbocycles. The van der Waals surface area contributed by atoms with Gasteiger partial charge in [-0.2, -0.15) is 13.2 Å². The summed E-state index contributed by atoms with van der Waals surface area (Å²) < 4.78 is 53.9. The van der Waals surface area contributed by atoms with Gasteiger partial charge in [-0.1, -0.05) is 24.3 Å². The third kappa shape index (κ3) is 4.96. The summed E-state index contributed by atoms with van der Waals surface area (Å²) in [7, 11) is 0. The van der Waals surface area contributed by atoms with Gasteiger partial charge in [-0.3, -0.25) is 19.3 Å².